The first-order chi connectivity index (χ1) is 6.51. The van der Waals surface area contributed by atoms with Crippen molar-refractivity contribution in [1.29, 1.82) is 5.41 Å². The standard InChI is InChI=1S/C9H16N2O3/c1-6(10)3-7(5-12)4-8(11-2)9(13)14/h5,7-8,10-11H,3-4H2,1-2H3,(H,13,14)/t7?,8-/m0/s1. The lowest BCUT2D eigenvalue weighted by Crippen LogP contribution is -2.36. The second kappa shape index (κ2) is 6.26. The second-order valence-electron chi connectivity index (χ2n) is 3.30. The minimum absolute atomic E-state index is 0.228. The molecular weight excluding hydrogens is 184 g/mol. The van der Waals surface area contributed by atoms with Gasteiger partial charge in [0.2, 0.25) is 0 Å². The minimum atomic E-state index is -0.970. The molecule has 0 radical (unpaired) electrons. The molecule has 0 aromatic rings. The molecule has 80 valence electrons. The van der Waals surface area contributed by atoms with E-state index in [0.29, 0.717) is 18.4 Å². The molecule has 1 unspecified atom stereocenters. The molecule has 0 heterocycles. The average molecular weight is 200 g/mol. The van der Waals surface area contributed by atoms with Gasteiger partial charge in [0.25, 0.3) is 0 Å². The summed E-state index contributed by atoms with van der Waals surface area (Å²) in [6, 6.07) is -0.718. The first-order valence-electron chi connectivity index (χ1n) is 4.40. The third kappa shape index (κ3) is 4.71. The van der Waals surface area contributed by atoms with Crippen molar-refractivity contribution < 1.29 is 14.7 Å². The first kappa shape index (κ1) is 12.8. The molecule has 5 heteroatoms. The summed E-state index contributed by atoms with van der Waals surface area (Å²) in [5, 5.41) is 18.5. The molecular formula is C9H16N2O3. The van der Waals surface area contributed by atoms with Gasteiger partial charge >= 0.3 is 5.97 Å². The Morgan fingerprint density at radius 2 is 2.21 bits per heavy atom. The Bertz CT molecular complexity index is 228. The van der Waals surface area contributed by atoms with Crippen molar-refractivity contribution in [3.05, 3.63) is 0 Å². The third-order valence-corrected chi connectivity index (χ3v) is 1.95. The van der Waals surface area contributed by atoms with E-state index in [2.05, 4.69) is 5.32 Å². The molecule has 0 aliphatic carbocycles. The van der Waals surface area contributed by atoms with E-state index in [1.165, 1.54) is 7.05 Å². The number of aliphatic carboxylic acids is 1. The smallest absolute Gasteiger partial charge is 0.320 e. The number of nitrogens with one attached hydrogen (secondary N) is 2. The molecule has 0 fully saturated rings. The Morgan fingerprint density at radius 3 is 2.50 bits per heavy atom. The Hall–Kier alpha value is -1.23. The van der Waals surface area contributed by atoms with E-state index < -0.39 is 12.0 Å². The largest absolute Gasteiger partial charge is 0.480 e. The van der Waals surface area contributed by atoms with Gasteiger partial charge < -0.3 is 20.6 Å². The summed E-state index contributed by atoms with van der Waals surface area (Å²) >= 11 is 0. The van der Waals surface area contributed by atoms with Crippen LogP contribution in [-0.4, -0.2) is 36.2 Å². The van der Waals surface area contributed by atoms with Gasteiger partial charge in [-0.15, -0.1) is 0 Å². The van der Waals surface area contributed by atoms with Crippen molar-refractivity contribution in [2.24, 2.45) is 5.92 Å². The molecule has 5 nitrogen and oxygen atoms in total. The van der Waals surface area contributed by atoms with Crippen LogP contribution in [0.2, 0.25) is 0 Å². The van der Waals surface area contributed by atoms with E-state index >= 15 is 0 Å². The van der Waals surface area contributed by atoms with E-state index in [-0.39, 0.29) is 12.3 Å². The molecule has 0 bridgehead atoms. The number of hydrogen-bond donors (Lipinski definition) is 3. The number of carboxylic acid groups (broad SMARTS) is 1. The predicted octanol–water partition coefficient (Wildman–Crippen LogP) is 0.294. The fourth-order valence-electron chi connectivity index (χ4n) is 1.23. The number of carbonyl (C=O) groups excluding carboxylic acids is 1. The molecule has 0 saturated heterocycles. The number of likely N-dealkylation sites (N-methyl/N-ethyl adjacent to an activating group) is 1. The summed E-state index contributed by atoms with van der Waals surface area (Å²) in [6.07, 6.45) is 1.27. The molecule has 0 amide bonds. The van der Waals surface area contributed by atoms with Gasteiger partial charge in [-0.1, -0.05) is 0 Å². The lowest BCUT2D eigenvalue weighted by molar-refractivity contribution is -0.139. The van der Waals surface area contributed by atoms with Crippen molar-refractivity contribution in [3.63, 3.8) is 0 Å². The van der Waals surface area contributed by atoms with Crippen LogP contribution in [0.15, 0.2) is 0 Å². The van der Waals surface area contributed by atoms with Gasteiger partial charge in [0, 0.05) is 11.6 Å². The number of carboxylic acids is 1. The van der Waals surface area contributed by atoms with E-state index in [0.717, 1.165) is 0 Å². The molecule has 0 aliphatic heterocycles. The Balaban J connectivity index is 4.20. The first-order valence-corrected chi connectivity index (χ1v) is 4.40. The molecule has 3 N–H and O–H groups in total. The summed E-state index contributed by atoms with van der Waals surface area (Å²) in [4.78, 5) is 21.2. The SMILES string of the molecule is CN[C@@H](CC(C=O)CC(C)=N)C(=O)O. The van der Waals surface area contributed by atoms with Gasteiger partial charge in [-0.2, -0.15) is 0 Å². The average Bonchev–Trinajstić information content (AvgIpc) is 2.10. The maximum Gasteiger partial charge on any atom is 0.320 e. The van der Waals surface area contributed by atoms with E-state index in [4.69, 9.17) is 10.5 Å². The van der Waals surface area contributed by atoms with Gasteiger partial charge in [0.05, 0.1) is 0 Å². The van der Waals surface area contributed by atoms with E-state index in [1.807, 2.05) is 0 Å². The van der Waals surface area contributed by atoms with Crippen molar-refractivity contribution in [1.82, 2.24) is 5.32 Å². The highest BCUT2D eigenvalue weighted by atomic mass is 16.4. The van der Waals surface area contributed by atoms with Crippen molar-refractivity contribution in [2.45, 2.75) is 25.8 Å². The van der Waals surface area contributed by atoms with Crippen molar-refractivity contribution in [3.8, 4) is 0 Å². The van der Waals surface area contributed by atoms with Crippen LogP contribution in [0.5, 0.6) is 0 Å². The summed E-state index contributed by atoms with van der Waals surface area (Å²) in [6.45, 7) is 1.60. The Kier molecular flexibility index (Phi) is 5.71. The van der Waals surface area contributed by atoms with Crippen molar-refractivity contribution >= 4 is 18.0 Å². The summed E-state index contributed by atoms with van der Waals surface area (Å²) < 4.78 is 0. The third-order valence-electron chi connectivity index (χ3n) is 1.95. The highest BCUT2D eigenvalue weighted by molar-refractivity contribution is 5.81. The van der Waals surface area contributed by atoms with Crippen LogP contribution >= 0.6 is 0 Å². The topological polar surface area (TPSA) is 90.3 Å². The molecule has 2 atom stereocenters. The number of rotatable bonds is 7. The number of hydrogen-bond acceptors (Lipinski definition) is 4. The molecule has 0 rings (SSSR count). The van der Waals surface area contributed by atoms with Crippen LogP contribution in [0.3, 0.4) is 0 Å². The van der Waals surface area contributed by atoms with Crippen LogP contribution in [0, 0.1) is 11.3 Å². The lowest BCUT2D eigenvalue weighted by atomic mass is 9.96. The van der Waals surface area contributed by atoms with E-state index in [1.54, 1.807) is 6.92 Å². The maximum absolute atomic E-state index is 10.6. The summed E-state index contributed by atoms with van der Waals surface area (Å²) in [5.74, 6) is -1.36. The van der Waals surface area contributed by atoms with Crippen molar-refractivity contribution in [2.75, 3.05) is 7.05 Å². The van der Waals surface area contributed by atoms with Crippen LogP contribution in [0.25, 0.3) is 0 Å². The molecule has 0 spiro atoms. The highest BCUT2D eigenvalue weighted by Crippen LogP contribution is 2.09. The molecule has 0 aromatic heterocycles. The molecule has 14 heavy (non-hydrogen) atoms. The zero-order valence-corrected chi connectivity index (χ0v) is 8.41. The molecule has 0 aromatic carbocycles. The monoisotopic (exact) mass is 200 g/mol. The van der Waals surface area contributed by atoms with Gasteiger partial charge in [0.1, 0.15) is 12.3 Å². The Labute approximate surface area is 83.0 Å². The lowest BCUT2D eigenvalue weighted by Gasteiger charge is -2.15. The normalized spacial score (nSPS) is 14.4. The summed E-state index contributed by atoms with van der Waals surface area (Å²) in [7, 11) is 1.54. The van der Waals surface area contributed by atoms with Gasteiger partial charge in [-0.3, -0.25) is 4.79 Å². The second-order valence-corrected chi connectivity index (χ2v) is 3.30. The van der Waals surface area contributed by atoms with Gasteiger partial charge in [-0.25, -0.2) is 0 Å². The predicted molar refractivity (Wildman–Crippen MR) is 52.7 cm³/mol. The zero-order valence-electron chi connectivity index (χ0n) is 8.41. The highest BCUT2D eigenvalue weighted by Gasteiger charge is 2.20. The van der Waals surface area contributed by atoms with Gasteiger partial charge in [-0.05, 0) is 26.8 Å². The zero-order chi connectivity index (χ0) is 11.1. The fraction of sp³-hybridized carbons (Fsp3) is 0.667. The summed E-state index contributed by atoms with van der Waals surface area (Å²) in [5.41, 5.74) is 0.391. The van der Waals surface area contributed by atoms with Crippen LogP contribution in [0.1, 0.15) is 19.8 Å². The van der Waals surface area contributed by atoms with Crippen LogP contribution in [0.4, 0.5) is 0 Å². The quantitative estimate of drug-likeness (QED) is 0.407. The number of carbonyl (C=O) groups is 2. The minimum Gasteiger partial charge on any atom is -0.480 e. The van der Waals surface area contributed by atoms with Gasteiger partial charge in [0.15, 0.2) is 0 Å². The Morgan fingerprint density at radius 1 is 1.64 bits per heavy atom. The van der Waals surface area contributed by atoms with Crippen LogP contribution < -0.4 is 5.32 Å². The van der Waals surface area contributed by atoms with E-state index in [9.17, 15) is 9.59 Å². The molecule has 0 aliphatic rings. The molecule has 0 saturated carbocycles. The maximum atomic E-state index is 10.6. The fourth-order valence-corrected chi connectivity index (χ4v) is 1.23. The van der Waals surface area contributed by atoms with Crippen LogP contribution in [-0.2, 0) is 9.59 Å². The number of aldehydes is 1.